The summed E-state index contributed by atoms with van der Waals surface area (Å²) in [6.45, 7) is 1.44. The third kappa shape index (κ3) is 10.3. The number of aromatic hydroxyl groups is 1. The van der Waals surface area contributed by atoms with E-state index >= 15 is 0 Å². The normalized spacial score (nSPS) is 8.89. The fraction of sp³-hybridized carbons (Fsp3) is 0.250. The Labute approximate surface area is 109 Å². The number of hydrogen-bond acceptors (Lipinski definition) is 4. The van der Waals surface area contributed by atoms with Crippen molar-refractivity contribution in [3.05, 3.63) is 24.3 Å². The molecule has 1 amide bonds. The van der Waals surface area contributed by atoms with Gasteiger partial charge in [-0.1, -0.05) is 0 Å². The summed E-state index contributed by atoms with van der Waals surface area (Å²) in [5.41, 5.74) is 0.690. The van der Waals surface area contributed by atoms with Gasteiger partial charge in [-0.05, 0) is 24.3 Å². The second-order valence-electron chi connectivity index (χ2n) is 3.52. The molecule has 0 aliphatic heterocycles. The smallest absolute Gasteiger partial charge is 0.303 e. The Morgan fingerprint density at radius 1 is 1.00 bits per heavy atom. The fourth-order valence-corrected chi connectivity index (χ4v) is 0.962. The Morgan fingerprint density at radius 3 is 1.74 bits per heavy atom. The maximum absolute atomic E-state index is 10.5. The number of rotatable bonds is 4. The third-order valence-corrected chi connectivity index (χ3v) is 1.74. The predicted molar refractivity (Wildman–Crippen MR) is 66.9 cm³/mol. The largest absolute Gasteiger partial charge is 0.508 e. The van der Waals surface area contributed by atoms with Crippen LogP contribution in [0, 0.1) is 0 Å². The zero-order valence-corrected chi connectivity index (χ0v) is 10.3. The van der Waals surface area contributed by atoms with Crippen molar-refractivity contribution in [2.75, 3.05) is 5.32 Å². The second kappa shape index (κ2) is 8.51. The van der Waals surface area contributed by atoms with Crippen LogP contribution in [-0.4, -0.2) is 33.2 Å². The van der Waals surface area contributed by atoms with E-state index in [4.69, 9.17) is 15.3 Å². The van der Waals surface area contributed by atoms with E-state index in [1.165, 1.54) is 19.1 Å². The zero-order valence-electron chi connectivity index (χ0n) is 10.3. The van der Waals surface area contributed by atoms with Crippen LogP contribution in [-0.2, 0) is 14.4 Å². The van der Waals surface area contributed by atoms with Gasteiger partial charge < -0.3 is 20.6 Å². The molecule has 0 fully saturated rings. The van der Waals surface area contributed by atoms with Crippen molar-refractivity contribution in [3.63, 3.8) is 0 Å². The molecule has 0 radical (unpaired) electrons. The van der Waals surface area contributed by atoms with Crippen LogP contribution < -0.4 is 5.32 Å². The number of anilines is 1. The SMILES string of the molecule is CC(=O)Nc1ccc(O)cc1.O=C(O)CCC(=O)O. The van der Waals surface area contributed by atoms with E-state index < -0.39 is 11.9 Å². The van der Waals surface area contributed by atoms with Crippen molar-refractivity contribution < 1.29 is 29.7 Å². The van der Waals surface area contributed by atoms with Crippen molar-refractivity contribution in [2.24, 2.45) is 0 Å². The lowest BCUT2D eigenvalue weighted by molar-refractivity contribution is -0.143. The first-order valence-electron chi connectivity index (χ1n) is 5.31. The number of aliphatic carboxylic acids is 2. The molecule has 4 N–H and O–H groups in total. The van der Waals surface area contributed by atoms with Crippen LogP contribution >= 0.6 is 0 Å². The van der Waals surface area contributed by atoms with Gasteiger partial charge in [-0.2, -0.15) is 0 Å². The molecule has 7 nitrogen and oxygen atoms in total. The van der Waals surface area contributed by atoms with E-state index in [0.29, 0.717) is 5.69 Å². The molecule has 1 aromatic carbocycles. The molecular formula is C12H15NO6. The highest BCUT2D eigenvalue weighted by atomic mass is 16.4. The number of carbonyl (C=O) groups excluding carboxylic acids is 1. The molecule has 0 heterocycles. The summed E-state index contributed by atoms with van der Waals surface area (Å²) in [7, 11) is 0. The lowest BCUT2D eigenvalue weighted by Gasteiger charge is -1.99. The first kappa shape index (κ1) is 16.4. The number of phenols is 1. The maximum Gasteiger partial charge on any atom is 0.303 e. The summed E-state index contributed by atoms with van der Waals surface area (Å²) in [5.74, 6) is -2.07. The van der Waals surface area contributed by atoms with Gasteiger partial charge in [0.05, 0.1) is 12.8 Å². The van der Waals surface area contributed by atoms with Crippen molar-refractivity contribution in [1.29, 1.82) is 0 Å². The lowest BCUT2D eigenvalue weighted by Crippen LogP contribution is -2.04. The highest BCUT2D eigenvalue weighted by Crippen LogP contribution is 2.13. The minimum Gasteiger partial charge on any atom is -0.508 e. The van der Waals surface area contributed by atoms with Crippen LogP contribution in [0.2, 0.25) is 0 Å². The molecule has 1 rings (SSSR count). The van der Waals surface area contributed by atoms with Gasteiger partial charge in [0.1, 0.15) is 5.75 Å². The first-order valence-corrected chi connectivity index (χ1v) is 5.31. The van der Waals surface area contributed by atoms with Gasteiger partial charge in [-0.15, -0.1) is 0 Å². The summed E-state index contributed by atoms with van der Waals surface area (Å²) in [5, 5.41) is 27.3. The number of carboxylic acid groups (broad SMARTS) is 2. The van der Waals surface area contributed by atoms with Crippen LogP contribution in [0.1, 0.15) is 19.8 Å². The van der Waals surface area contributed by atoms with Crippen LogP contribution in [0.4, 0.5) is 5.69 Å². The molecule has 0 unspecified atom stereocenters. The highest BCUT2D eigenvalue weighted by molar-refractivity contribution is 5.88. The van der Waals surface area contributed by atoms with Gasteiger partial charge in [0.25, 0.3) is 0 Å². The van der Waals surface area contributed by atoms with E-state index in [9.17, 15) is 14.4 Å². The van der Waals surface area contributed by atoms with Crippen LogP contribution in [0.15, 0.2) is 24.3 Å². The van der Waals surface area contributed by atoms with E-state index in [-0.39, 0.29) is 24.5 Å². The quantitative estimate of drug-likeness (QED) is 0.610. The molecule has 7 heteroatoms. The molecular weight excluding hydrogens is 254 g/mol. The van der Waals surface area contributed by atoms with Gasteiger partial charge in [0, 0.05) is 12.6 Å². The molecule has 0 bridgehead atoms. The van der Waals surface area contributed by atoms with E-state index in [0.717, 1.165) is 0 Å². The Hall–Kier alpha value is -2.57. The Balaban J connectivity index is 0.000000362. The minimum absolute atomic E-state index is 0.115. The van der Waals surface area contributed by atoms with Gasteiger partial charge in [0.15, 0.2) is 0 Å². The first-order chi connectivity index (χ1) is 8.81. The monoisotopic (exact) mass is 269 g/mol. The molecule has 0 atom stereocenters. The van der Waals surface area contributed by atoms with Gasteiger partial charge in [-0.3, -0.25) is 14.4 Å². The van der Waals surface area contributed by atoms with Crippen LogP contribution in [0.25, 0.3) is 0 Å². The molecule has 0 saturated carbocycles. The van der Waals surface area contributed by atoms with Crippen molar-refractivity contribution >= 4 is 23.5 Å². The summed E-state index contributed by atoms with van der Waals surface area (Å²) in [6, 6.07) is 6.31. The van der Waals surface area contributed by atoms with Crippen LogP contribution in [0.5, 0.6) is 5.75 Å². The minimum atomic E-state index is -1.08. The molecule has 104 valence electrons. The molecule has 0 aliphatic carbocycles. The topological polar surface area (TPSA) is 124 Å². The standard InChI is InChI=1S/C8H9NO2.C4H6O4/c1-6(10)9-7-2-4-8(11)5-3-7;5-3(6)1-2-4(7)8/h2-5,11H,1H3,(H,9,10);1-2H2,(H,5,6)(H,7,8). The number of benzene rings is 1. The number of amides is 1. The second-order valence-corrected chi connectivity index (χ2v) is 3.52. The van der Waals surface area contributed by atoms with E-state index in [2.05, 4.69) is 5.32 Å². The number of hydrogen-bond donors (Lipinski definition) is 4. The molecule has 0 aromatic heterocycles. The zero-order chi connectivity index (χ0) is 14.8. The summed E-state index contributed by atoms with van der Waals surface area (Å²) >= 11 is 0. The lowest BCUT2D eigenvalue weighted by atomic mass is 10.3. The van der Waals surface area contributed by atoms with Crippen molar-refractivity contribution in [3.8, 4) is 5.75 Å². The molecule has 0 saturated heterocycles. The Bertz CT molecular complexity index is 426. The predicted octanol–water partition coefficient (Wildman–Crippen LogP) is 1.29. The number of phenolic OH excluding ortho intramolecular Hbond substituents is 1. The Morgan fingerprint density at radius 2 is 1.42 bits per heavy atom. The summed E-state index contributed by atoms with van der Waals surface area (Å²) < 4.78 is 0. The fourth-order valence-electron chi connectivity index (χ4n) is 0.962. The molecule has 0 spiro atoms. The Kier molecular flexibility index (Phi) is 7.36. The maximum atomic E-state index is 10.5. The van der Waals surface area contributed by atoms with E-state index in [1.807, 2.05) is 0 Å². The highest BCUT2D eigenvalue weighted by Gasteiger charge is 2.00. The molecule has 1 aromatic rings. The van der Waals surface area contributed by atoms with Crippen LogP contribution in [0.3, 0.4) is 0 Å². The average Bonchev–Trinajstić information content (AvgIpc) is 2.30. The summed E-state index contributed by atoms with van der Waals surface area (Å²) in [4.78, 5) is 29.8. The average molecular weight is 269 g/mol. The van der Waals surface area contributed by atoms with Crippen molar-refractivity contribution in [1.82, 2.24) is 0 Å². The van der Waals surface area contributed by atoms with Gasteiger partial charge in [0.2, 0.25) is 5.91 Å². The molecule has 0 aliphatic rings. The van der Waals surface area contributed by atoms with Crippen molar-refractivity contribution in [2.45, 2.75) is 19.8 Å². The number of carboxylic acids is 2. The molecule has 19 heavy (non-hydrogen) atoms. The number of carbonyl (C=O) groups is 3. The number of nitrogens with one attached hydrogen (secondary N) is 1. The van der Waals surface area contributed by atoms with E-state index in [1.54, 1.807) is 12.1 Å². The summed E-state index contributed by atoms with van der Waals surface area (Å²) in [6.07, 6.45) is -0.593. The van der Waals surface area contributed by atoms with Gasteiger partial charge in [-0.25, -0.2) is 0 Å². The van der Waals surface area contributed by atoms with Gasteiger partial charge >= 0.3 is 11.9 Å². The third-order valence-electron chi connectivity index (χ3n) is 1.74.